The highest BCUT2D eigenvalue weighted by atomic mass is 79.9. The number of nitrogens with zero attached hydrogens (tertiary/aromatic N) is 3. The minimum atomic E-state index is -0.477. The zero-order valence-corrected chi connectivity index (χ0v) is 12.4. The van der Waals surface area contributed by atoms with Gasteiger partial charge in [-0.3, -0.25) is 4.68 Å². The van der Waals surface area contributed by atoms with Crippen LogP contribution in [0.4, 0.5) is 4.79 Å². The lowest BCUT2D eigenvalue weighted by atomic mass is 10.2. The first-order valence-electron chi connectivity index (χ1n) is 5.31. The fourth-order valence-corrected chi connectivity index (χ4v) is 1.72. The van der Waals surface area contributed by atoms with E-state index < -0.39 is 5.60 Å². The maximum absolute atomic E-state index is 11.8. The van der Waals surface area contributed by atoms with Gasteiger partial charge in [0.1, 0.15) is 5.60 Å². The first kappa shape index (κ1) is 14.0. The zero-order valence-electron chi connectivity index (χ0n) is 10.8. The third-order valence-electron chi connectivity index (χ3n) is 2.10. The van der Waals surface area contributed by atoms with Gasteiger partial charge < -0.3 is 9.64 Å². The number of ether oxygens (including phenoxy) is 1. The fraction of sp³-hybridized carbons (Fsp3) is 0.636. The smallest absolute Gasteiger partial charge is 0.410 e. The summed E-state index contributed by atoms with van der Waals surface area (Å²) in [6, 6.07) is 0. The average Bonchev–Trinajstić information content (AvgIpc) is 2.46. The van der Waals surface area contributed by atoms with E-state index in [0.717, 1.165) is 10.2 Å². The first-order chi connectivity index (χ1) is 7.70. The standard InChI is InChI=1S/C11H18BrN3O2/c1-11(2,3)17-10(16)14(4)7-9-8(12)6-13-15(9)5/h6H,7H2,1-5H3. The topological polar surface area (TPSA) is 47.4 Å². The average molecular weight is 304 g/mol. The molecule has 0 fully saturated rings. The largest absolute Gasteiger partial charge is 0.444 e. The molecule has 96 valence electrons. The van der Waals surface area contributed by atoms with E-state index in [9.17, 15) is 4.79 Å². The minimum absolute atomic E-state index is 0.342. The van der Waals surface area contributed by atoms with E-state index in [-0.39, 0.29) is 6.09 Å². The Balaban J connectivity index is 2.67. The third kappa shape index (κ3) is 4.03. The van der Waals surface area contributed by atoms with E-state index in [1.54, 1.807) is 17.9 Å². The van der Waals surface area contributed by atoms with E-state index >= 15 is 0 Å². The molecular weight excluding hydrogens is 286 g/mol. The van der Waals surface area contributed by atoms with Gasteiger partial charge in [0.15, 0.2) is 0 Å². The molecule has 0 aromatic carbocycles. The molecule has 1 aromatic rings. The molecule has 0 aliphatic heterocycles. The lowest BCUT2D eigenvalue weighted by Crippen LogP contribution is -2.34. The van der Waals surface area contributed by atoms with Crippen LogP contribution in [0.5, 0.6) is 0 Å². The van der Waals surface area contributed by atoms with E-state index in [0.29, 0.717) is 6.54 Å². The second-order valence-corrected chi connectivity index (χ2v) is 5.75. The van der Waals surface area contributed by atoms with Crippen LogP contribution >= 0.6 is 15.9 Å². The number of carbonyl (C=O) groups excluding carboxylic acids is 1. The van der Waals surface area contributed by atoms with E-state index in [4.69, 9.17) is 4.74 Å². The van der Waals surface area contributed by atoms with Gasteiger partial charge in [-0.05, 0) is 36.7 Å². The molecule has 0 N–H and O–H groups in total. The summed E-state index contributed by atoms with van der Waals surface area (Å²) in [5, 5.41) is 4.09. The molecule has 0 atom stereocenters. The second-order valence-electron chi connectivity index (χ2n) is 4.90. The summed E-state index contributed by atoms with van der Waals surface area (Å²) in [4.78, 5) is 13.3. The van der Waals surface area contributed by atoms with Gasteiger partial charge in [0.05, 0.1) is 22.9 Å². The van der Waals surface area contributed by atoms with Crippen molar-refractivity contribution >= 4 is 22.0 Å². The maximum atomic E-state index is 11.8. The number of hydrogen-bond donors (Lipinski definition) is 0. The monoisotopic (exact) mass is 303 g/mol. The van der Waals surface area contributed by atoms with Crippen LogP contribution in [0.1, 0.15) is 26.5 Å². The Morgan fingerprint density at radius 2 is 2.18 bits per heavy atom. The number of halogens is 1. The molecule has 0 saturated heterocycles. The highest BCUT2D eigenvalue weighted by molar-refractivity contribution is 9.10. The van der Waals surface area contributed by atoms with Gasteiger partial charge in [0.25, 0.3) is 0 Å². The molecule has 6 heteroatoms. The Hall–Kier alpha value is -1.04. The Kier molecular flexibility index (Phi) is 4.19. The van der Waals surface area contributed by atoms with Crippen molar-refractivity contribution in [1.82, 2.24) is 14.7 Å². The third-order valence-corrected chi connectivity index (χ3v) is 2.77. The van der Waals surface area contributed by atoms with Gasteiger partial charge in [-0.25, -0.2) is 4.79 Å². The van der Waals surface area contributed by atoms with E-state index in [1.807, 2.05) is 27.8 Å². The van der Waals surface area contributed by atoms with Gasteiger partial charge in [-0.1, -0.05) is 0 Å². The van der Waals surface area contributed by atoms with E-state index in [1.165, 1.54) is 4.90 Å². The van der Waals surface area contributed by atoms with Crippen LogP contribution in [0.25, 0.3) is 0 Å². The molecule has 5 nitrogen and oxygen atoms in total. The number of amides is 1. The van der Waals surface area contributed by atoms with Crippen LogP contribution in [0, 0.1) is 0 Å². The number of carbonyl (C=O) groups is 1. The molecule has 1 aromatic heterocycles. The van der Waals surface area contributed by atoms with Crippen molar-refractivity contribution in [3.8, 4) is 0 Å². The maximum Gasteiger partial charge on any atom is 0.410 e. The fourth-order valence-electron chi connectivity index (χ4n) is 1.24. The number of rotatable bonds is 2. The number of aromatic nitrogens is 2. The molecular formula is C11H18BrN3O2. The van der Waals surface area contributed by atoms with Crippen LogP contribution in [0.2, 0.25) is 0 Å². The lowest BCUT2D eigenvalue weighted by molar-refractivity contribution is 0.0281. The van der Waals surface area contributed by atoms with Crippen LogP contribution in [0.15, 0.2) is 10.7 Å². The van der Waals surface area contributed by atoms with Crippen molar-refractivity contribution in [1.29, 1.82) is 0 Å². The van der Waals surface area contributed by atoms with Crippen LogP contribution in [-0.2, 0) is 18.3 Å². The number of aryl methyl sites for hydroxylation is 1. The zero-order chi connectivity index (χ0) is 13.2. The highest BCUT2D eigenvalue weighted by Gasteiger charge is 2.21. The van der Waals surface area contributed by atoms with E-state index in [2.05, 4.69) is 21.0 Å². The van der Waals surface area contributed by atoms with Crippen LogP contribution < -0.4 is 0 Å². The molecule has 1 rings (SSSR count). The molecule has 0 radical (unpaired) electrons. The molecule has 0 unspecified atom stereocenters. The van der Waals surface area contributed by atoms with Crippen LogP contribution in [-0.4, -0.2) is 33.4 Å². The van der Waals surface area contributed by atoms with Gasteiger partial charge in [-0.15, -0.1) is 0 Å². The Morgan fingerprint density at radius 3 is 2.59 bits per heavy atom. The predicted molar refractivity (Wildman–Crippen MR) is 68.6 cm³/mol. The first-order valence-corrected chi connectivity index (χ1v) is 6.10. The molecule has 0 aliphatic rings. The van der Waals surface area contributed by atoms with Crippen LogP contribution in [0.3, 0.4) is 0 Å². The molecule has 0 aliphatic carbocycles. The SMILES string of the molecule is CN(Cc1c(Br)cnn1C)C(=O)OC(C)(C)C. The Morgan fingerprint density at radius 1 is 1.59 bits per heavy atom. The molecule has 17 heavy (non-hydrogen) atoms. The van der Waals surface area contributed by atoms with Gasteiger partial charge >= 0.3 is 6.09 Å². The summed E-state index contributed by atoms with van der Waals surface area (Å²) in [6.07, 6.45) is 1.36. The quantitative estimate of drug-likeness (QED) is 0.843. The summed E-state index contributed by atoms with van der Waals surface area (Å²) in [5.41, 5.74) is 0.452. The second kappa shape index (κ2) is 5.08. The Bertz CT molecular complexity index is 390. The minimum Gasteiger partial charge on any atom is -0.444 e. The summed E-state index contributed by atoms with van der Waals surface area (Å²) < 4.78 is 7.88. The Labute approximate surface area is 110 Å². The summed E-state index contributed by atoms with van der Waals surface area (Å²) >= 11 is 3.39. The molecule has 0 saturated carbocycles. The summed E-state index contributed by atoms with van der Waals surface area (Å²) in [5.74, 6) is 0. The van der Waals surface area contributed by atoms with Gasteiger partial charge in [0.2, 0.25) is 0 Å². The predicted octanol–water partition coefficient (Wildman–Crippen LogP) is 2.55. The van der Waals surface area contributed by atoms with Crippen molar-refractivity contribution in [2.45, 2.75) is 32.9 Å². The summed E-state index contributed by atoms with van der Waals surface area (Å²) in [7, 11) is 3.54. The van der Waals surface area contributed by atoms with Crippen molar-refractivity contribution in [2.75, 3.05) is 7.05 Å². The van der Waals surface area contributed by atoms with Gasteiger partial charge in [0, 0.05) is 14.1 Å². The molecule has 1 amide bonds. The highest BCUT2D eigenvalue weighted by Crippen LogP contribution is 2.17. The van der Waals surface area contributed by atoms with Gasteiger partial charge in [-0.2, -0.15) is 5.10 Å². The summed E-state index contributed by atoms with van der Waals surface area (Å²) in [6.45, 7) is 5.99. The molecule has 0 bridgehead atoms. The lowest BCUT2D eigenvalue weighted by Gasteiger charge is -2.24. The van der Waals surface area contributed by atoms with Crippen molar-refractivity contribution < 1.29 is 9.53 Å². The normalized spacial score (nSPS) is 11.4. The molecule has 1 heterocycles. The van der Waals surface area contributed by atoms with Crippen molar-refractivity contribution in [3.63, 3.8) is 0 Å². The molecule has 0 spiro atoms. The van der Waals surface area contributed by atoms with Crippen molar-refractivity contribution in [3.05, 3.63) is 16.4 Å². The van der Waals surface area contributed by atoms with Crippen molar-refractivity contribution in [2.24, 2.45) is 7.05 Å². The number of hydrogen-bond acceptors (Lipinski definition) is 3.